The third-order valence-electron chi connectivity index (χ3n) is 3.17. The molecule has 0 aromatic heterocycles. The van der Waals surface area contributed by atoms with Crippen molar-refractivity contribution in [2.75, 3.05) is 44.7 Å². The molecule has 1 fully saturated rings. The summed E-state index contributed by atoms with van der Waals surface area (Å²) in [6.45, 7) is 7.00. The van der Waals surface area contributed by atoms with E-state index in [4.69, 9.17) is 5.73 Å². The van der Waals surface area contributed by atoms with E-state index in [-0.39, 0.29) is 11.9 Å². The van der Waals surface area contributed by atoms with E-state index >= 15 is 0 Å². The van der Waals surface area contributed by atoms with Gasteiger partial charge in [0.25, 0.3) is 0 Å². The van der Waals surface area contributed by atoms with Gasteiger partial charge in [0.05, 0.1) is 6.04 Å². The van der Waals surface area contributed by atoms with E-state index in [1.807, 2.05) is 11.2 Å². The van der Waals surface area contributed by atoms with Crippen LogP contribution in [0.3, 0.4) is 0 Å². The third-order valence-corrected chi connectivity index (χ3v) is 3.82. The number of carbonyl (C=O) groups excluding carboxylic acids is 1. The molecule has 1 atom stereocenters. The minimum atomic E-state index is -0.305. The van der Waals surface area contributed by atoms with E-state index in [0.29, 0.717) is 0 Å². The summed E-state index contributed by atoms with van der Waals surface area (Å²) < 4.78 is 0. The molecule has 0 unspecified atom stereocenters. The van der Waals surface area contributed by atoms with Gasteiger partial charge in [-0.3, -0.25) is 9.69 Å². The number of nitrogens with zero attached hydrogens (tertiary/aromatic N) is 2. The summed E-state index contributed by atoms with van der Waals surface area (Å²) in [5, 5.41) is 0. The Kier molecular flexibility index (Phi) is 6.92. The van der Waals surface area contributed by atoms with Crippen LogP contribution >= 0.6 is 11.8 Å². The molecule has 100 valence electrons. The van der Waals surface area contributed by atoms with Gasteiger partial charge in [-0.05, 0) is 31.4 Å². The van der Waals surface area contributed by atoms with Crippen LogP contribution in [0.1, 0.15) is 19.8 Å². The van der Waals surface area contributed by atoms with Crippen LogP contribution in [0.15, 0.2) is 0 Å². The van der Waals surface area contributed by atoms with Crippen molar-refractivity contribution in [3.05, 3.63) is 0 Å². The quantitative estimate of drug-likeness (QED) is 0.760. The maximum atomic E-state index is 12.0. The molecule has 1 rings (SSSR count). The summed E-state index contributed by atoms with van der Waals surface area (Å²) in [6.07, 6.45) is 4.01. The van der Waals surface area contributed by atoms with Crippen molar-refractivity contribution >= 4 is 17.7 Å². The lowest BCUT2D eigenvalue weighted by Gasteiger charge is -2.35. The van der Waals surface area contributed by atoms with E-state index in [1.165, 1.54) is 6.42 Å². The summed E-state index contributed by atoms with van der Waals surface area (Å²) in [5.74, 6) is 1.10. The molecule has 0 aliphatic carbocycles. The number of hydrogen-bond donors (Lipinski definition) is 1. The Morgan fingerprint density at radius 3 is 2.53 bits per heavy atom. The molecule has 0 spiro atoms. The van der Waals surface area contributed by atoms with Crippen molar-refractivity contribution in [1.29, 1.82) is 0 Å². The second kappa shape index (κ2) is 7.95. The summed E-state index contributed by atoms with van der Waals surface area (Å²) in [5.41, 5.74) is 5.91. The van der Waals surface area contributed by atoms with Gasteiger partial charge in [0.1, 0.15) is 0 Å². The molecule has 4 nitrogen and oxygen atoms in total. The molecule has 17 heavy (non-hydrogen) atoms. The lowest BCUT2D eigenvalue weighted by atomic mass is 10.2. The molecule has 0 radical (unpaired) electrons. The second-order valence-electron chi connectivity index (χ2n) is 4.55. The fraction of sp³-hybridized carbons (Fsp3) is 0.917. The van der Waals surface area contributed by atoms with Crippen LogP contribution in [-0.4, -0.2) is 66.5 Å². The van der Waals surface area contributed by atoms with Crippen molar-refractivity contribution in [2.24, 2.45) is 5.73 Å². The van der Waals surface area contributed by atoms with E-state index < -0.39 is 0 Å². The van der Waals surface area contributed by atoms with E-state index in [2.05, 4.69) is 11.8 Å². The van der Waals surface area contributed by atoms with Crippen LogP contribution in [0.2, 0.25) is 0 Å². The number of hydrogen-bond acceptors (Lipinski definition) is 4. The SMILES string of the molecule is CCCN1CCN(C(=O)[C@H](N)CCSC)CC1. The van der Waals surface area contributed by atoms with Gasteiger partial charge in [-0.2, -0.15) is 11.8 Å². The zero-order valence-corrected chi connectivity index (χ0v) is 11.8. The first-order valence-corrected chi connectivity index (χ1v) is 7.84. The molecule has 1 heterocycles. The largest absolute Gasteiger partial charge is 0.339 e. The zero-order chi connectivity index (χ0) is 12.7. The fourth-order valence-electron chi connectivity index (χ4n) is 2.11. The van der Waals surface area contributed by atoms with Crippen molar-refractivity contribution in [2.45, 2.75) is 25.8 Å². The van der Waals surface area contributed by atoms with Gasteiger partial charge in [-0.15, -0.1) is 0 Å². The number of piperazine rings is 1. The molecule has 0 saturated carbocycles. The van der Waals surface area contributed by atoms with Crippen molar-refractivity contribution in [3.63, 3.8) is 0 Å². The van der Waals surface area contributed by atoms with E-state index in [1.54, 1.807) is 11.8 Å². The van der Waals surface area contributed by atoms with Crippen LogP contribution in [-0.2, 0) is 4.79 Å². The highest BCUT2D eigenvalue weighted by Crippen LogP contribution is 2.07. The molecular formula is C12H25N3OS. The minimum absolute atomic E-state index is 0.134. The summed E-state index contributed by atoms with van der Waals surface area (Å²) in [7, 11) is 0. The Balaban J connectivity index is 2.30. The van der Waals surface area contributed by atoms with Gasteiger partial charge in [-0.25, -0.2) is 0 Å². The van der Waals surface area contributed by atoms with E-state index in [9.17, 15) is 4.79 Å². The molecule has 1 saturated heterocycles. The Morgan fingerprint density at radius 2 is 2.00 bits per heavy atom. The highest BCUT2D eigenvalue weighted by molar-refractivity contribution is 7.98. The molecule has 0 aromatic rings. The van der Waals surface area contributed by atoms with Crippen LogP contribution in [0, 0.1) is 0 Å². The minimum Gasteiger partial charge on any atom is -0.339 e. The molecule has 2 N–H and O–H groups in total. The summed E-state index contributed by atoms with van der Waals surface area (Å²) >= 11 is 1.74. The average Bonchev–Trinajstić information content (AvgIpc) is 2.36. The highest BCUT2D eigenvalue weighted by atomic mass is 32.2. The number of rotatable bonds is 6. The number of amides is 1. The van der Waals surface area contributed by atoms with Crippen LogP contribution in [0.5, 0.6) is 0 Å². The predicted molar refractivity (Wildman–Crippen MR) is 74.3 cm³/mol. The van der Waals surface area contributed by atoms with Crippen LogP contribution in [0.25, 0.3) is 0 Å². The molecule has 0 aromatic carbocycles. The van der Waals surface area contributed by atoms with Crippen LogP contribution in [0.4, 0.5) is 0 Å². The molecule has 1 aliphatic heterocycles. The maximum Gasteiger partial charge on any atom is 0.239 e. The maximum absolute atomic E-state index is 12.0. The van der Waals surface area contributed by atoms with Gasteiger partial charge in [0.15, 0.2) is 0 Å². The fourth-order valence-corrected chi connectivity index (χ4v) is 2.60. The standard InChI is InChI=1S/C12H25N3OS/c1-3-5-14-6-8-15(9-7-14)12(16)11(13)4-10-17-2/h11H,3-10,13H2,1-2H3/t11-/m1/s1. The van der Waals surface area contributed by atoms with Crippen molar-refractivity contribution in [3.8, 4) is 0 Å². The molecule has 1 aliphatic rings. The Labute approximate surface area is 109 Å². The van der Waals surface area contributed by atoms with Gasteiger partial charge in [0, 0.05) is 26.2 Å². The second-order valence-corrected chi connectivity index (χ2v) is 5.54. The van der Waals surface area contributed by atoms with E-state index in [0.717, 1.165) is 44.9 Å². The van der Waals surface area contributed by atoms with Crippen molar-refractivity contribution < 1.29 is 4.79 Å². The number of nitrogens with two attached hydrogens (primary N) is 1. The molecule has 0 bridgehead atoms. The third kappa shape index (κ3) is 4.85. The first kappa shape index (κ1) is 14.8. The molecule has 5 heteroatoms. The normalized spacial score (nSPS) is 19.4. The van der Waals surface area contributed by atoms with Crippen LogP contribution < -0.4 is 5.73 Å². The average molecular weight is 259 g/mol. The lowest BCUT2D eigenvalue weighted by molar-refractivity contribution is -0.134. The first-order valence-electron chi connectivity index (χ1n) is 6.44. The zero-order valence-electron chi connectivity index (χ0n) is 11.0. The van der Waals surface area contributed by atoms with Gasteiger partial charge in [-0.1, -0.05) is 6.92 Å². The summed E-state index contributed by atoms with van der Waals surface area (Å²) in [6, 6.07) is -0.305. The molecular weight excluding hydrogens is 234 g/mol. The highest BCUT2D eigenvalue weighted by Gasteiger charge is 2.24. The van der Waals surface area contributed by atoms with Gasteiger partial charge in [0.2, 0.25) is 5.91 Å². The Hall–Kier alpha value is -0.260. The predicted octanol–water partition coefficient (Wildman–Crippen LogP) is 0.621. The smallest absolute Gasteiger partial charge is 0.239 e. The Morgan fingerprint density at radius 1 is 1.35 bits per heavy atom. The topological polar surface area (TPSA) is 49.6 Å². The Bertz CT molecular complexity index is 230. The monoisotopic (exact) mass is 259 g/mol. The van der Waals surface area contributed by atoms with Crippen molar-refractivity contribution in [1.82, 2.24) is 9.80 Å². The molecule has 1 amide bonds. The number of thioether (sulfide) groups is 1. The summed E-state index contributed by atoms with van der Waals surface area (Å²) in [4.78, 5) is 16.4. The number of carbonyl (C=O) groups is 1. The van der Waals surface area contributed by atoms with Gasteiger partial charge >= 0.3 is 0 Å². The first-order chi connectivity index (χ1) is 8.19. The lowest BCUT2D eigenvalue weighted by Crippen LogP contribution is -2.53. The van der Waals surface area contributed by atoms with Gasteiger partial charge < -0.3 is 10.6 Å².